The minimum Gasteiger partial charge on any atom is -0.358 e. The summed E-state index contributed by atoms with van der Waals surface area (Å²) in [6, 6.07) is 8.93. The maximum absolute atomic E-state index is 4.50. The third-order valence-corrected chi connectivity index (χ3v) is 3.25. The first-order chi connectivity index (χ1) is 7.81. The van der Waals surface area contributed by atoms with E-state index in [4.69, 9.17) is 0 Å². The van der Waals surface area contributed by atoms with Crippen LogP contribution in [0.5, 0.6) is 0 Å². The van der Waals surface area contributed by atoms with E-state index in [1.54, 1.807) is 0 Å². The maximum Gasteiger partial charge on any atom is 0.203 e. The molecule has 2 aromatic rings. The SMILES string of the molecule is Cc1cccc(-c2nsc(NC3CC3)n2)c1. The molecule has 1 aliphatic rings. The van der Waals surface area contributed by atoms with Crippen molar-refractivity contribution in [2.75, 3.05) is 5.32 Å². The molecule has 1 N–H and O–H groups in total. The van der Waals surface area contributed by atoms with Crippen molar-refractivity contribution >= 4 is 16.7 Å². The van der Waals surface area contributed by atoms with E-state index in [1.807, 2.05) is 6.07 Å². The Morgan fingerprint density at radius 3 is 3.00 bits per heavy atom. The molecule has 0 atom stereocenters. The number of benzene rings is 1. The molecule has 0 bridgehead atoms. The summed E-state index contributed by atoms with van der Waals surface area (Å²) < 4.78 is 4.38. The summed E-state index contributed by atoms with van der Waals surface area (Å²) in [6.07, 6.45) is 2.53. The minimum absolute atomic E-state index is 0.637. The molecule has 0 aliphatic heterocycles. The van der Waals surface area contributed by atoms with Gasteiger partial charge in [-0.25, -0.2) is 0 Å². The van der Waals surface area contributed by atoms with Crippen LogP contribution in [-0.2, 0) is 0 Å². The summed E-state index contributed by atoms with van der Waals surface area (Å²) in [4.78, 5) is 4.50. The second kappa shape index (κ2) is 3.87. The van der Waals surface area contributed by atoms with Gasteiger partial charge in [0.05, 0.1) is 0 Å². The number of nitrogens with zero attached hydrogens (tertiary/aromatic N) is 2. The fourth-order valence-electron chi connectivity index (χ4n) is 1.59. The van der Waals surface area contributed by atoms with Gasteiger partial charge in [-0.2, -0.15) is 9.36 Å². The zero-order valence-corrected chi connectivity index (χ0v) is 9.92. The lowest BCUT2D eigenvalue weighted by molar-refractivity contribution is 1.14. The van der Waals surface area contributed by atoms with E-state index in [9.17, 15) is 0 Å². The van der Waals surface area contributed by atoms with Crippen LogP contribution in [0.4, 0.5) is 5.13 Å². The number of aryl methyl sites for hydroxylation is 1. The number of hydrogen-bond acceptors (Lipinski definition) is 4. The molecule has 82 valence electrons. The predicted octanol–water partition coefficient (Wildman–Crippen LogP) is 3.09. The van der Waals surface area contributed by atoms with Crippen LogP contribution in [0.3, 0.4) is 0 Å². The first-order valence-electron chi connectivity index (χ1n) is 5.48. The van der Waals surface area contributed by atoms with Gasteiger partial charge >= 0.3 is 0 Å². The van der Waals surface area contributed by atoms with E-state index < -0.39 is 0 Å². The van der Waals surface area contributed by atoms with Crippen molar-refractivity contribution in [3.8, 4) is 11.4 Å². The monoisotopic (exact) mass is 231 g/mol. The second-order valence-electron chi connectivity index (χ2n) is 4.21. The second-order valence-corrected chi connectivity index (χ2v) is 4.96. The molecular weight excluding hydrogens is 218 g/mol. The Hall–Kier alpha value is -1.42. The van der Waals surface area contributed by atoms with Gasteiger partial charge in [0.1, 0.15) is 0 Å². The van der Waals surface area contributed by atoms with E-state index >= 15 is 0 Å². The van der Waals surface area contributed by atoms with Crippen LogP contribution in [-0.4, -0.2) is 15.4 Å². The van der Waals surface area contributed by atoms with Crippen molar-refractivity contribution in [1.29, 1.82) is 0 Å². The molecule has 3 nitrogen and oxygen atoms in total. The highest BCUT2D eigenvalue weighted by molar-refractivity contribution is 7.09. The zero-order valence-electron chi connectivity index (χ0n) is 9.10. The van der Waals surface area contributed by atoms with Crippen molar-refractivity contribution in [3.05, 3.63) is 29.8 Å². The van der Waals surface area contributed by atoms with Gasteiger partial charge in [-0.15, -0.1) is 0 Å². The Labute approximate surface area is 98.7 Å². The Morgan fingerprint density at radius 2 is 2.25 bits per heavy atom. The van der Waals surface area contributed by atoms with Crippen molar-refractivity contribution in [2.45, 2.75) is 25.8 Å². The molecule has 0 saturated heterocycles. The maximum atomic E-state index is 4.50. The molecule has 1 aromatic heterocycles. The van der Waals surface area contributed by atoms with Crippen molar-refractivity contribution < 1.29 is 0 Å². The molecule has 1 saturated carbocycles. The summed E-state index contributed by atoms with van der Waals surface area (Å²) in [7, 11) is 0. The standard InChI is InChI=1S/C12H13N3S/c1-8-3-2-4-9(7-8)11-14-12(16-15-11)13-10-5-6-10/h2-4,7,10H,5-6H2,1H3,(H,13,14,15). The molecule has 1 fully saturated rings. The summed E-state index contributed by atoms with van der Waals surface area (Å²) in [5.74, 6) is 0.830. The molecule has 0 unspecified atom stereocenters. The minimum atomic E-state index is 0.637. The van der Waals surface area contributed by atoms with Crippen LogP contribution in [0.25, 0.3) is 11.4 Å². The number of anilines is 1. The Balaban J connectivity index is 1.85. The van der Waals surface area contributed by atoms with Crippen LogP contribution in [0, 0.1) is 6.92 Å². The summed E-state index contributed by atoms with van der Waals surface area (Å²) >= 11 is 1.45. The molecule has 1 aliphatic carbocycles. The lowest BCUT2D eigenvalue weighted by Crippen LogP contribution is -1.99. The predicted molar refractivity (Wildman–Crippen MR) is 66.7 cm³/mol. The molecule has 1 heterocycles. The number of rotatable bonds is 3. The van der Waals surface area contributed by atoms with Crippen LogP contribution in [0.2, 0.25) is 0 Å². The molecule has 0 spiro atoms. The average molecular weight is 231 g/mol. The topological polar surface area (TPSA) is 37.8 Å². The Kier molecular flexibility index (Phi) is 2.36. The highest BCUT2D eigenvalue weighted by Crippen LogP contribution is 2.27. The van der Waals surface area contributed by atoms with Gasteiger partial charge < -0.3 is 5.32 Å². The van der Waals surface area contributed by atoms with Crippen LogP contribution < -0.4 is 5.32 Å². The number of aromatic nitrogens is 2. The van der Waals surface area contributed by atoms with Crippen LogP contribution in [0.1, 0.15) is 18.4 Å². The fourth-order valence-corrected chi connectivity index (χ4v) is 2.25. The number of nitrogens with one attached hydrogen (secondary N) is 1. The molecule has 3 rings (SSSR count). The van der Waals surface area contributed by atoms with Gasteiger partial charge in [-0.05, 0) is 25.8 Å². The van der Waals surface area contributed by atoms with E-state index in [0.717, 1.165) is 16.5 Å². The van der Waals surface area contributed by atoms with E-state index in [1.165, 1.54) is 29.9 Å². The summed E-state index contributed by atoms with van der Waals surface area (Å²) in [5.41, 5.74) is 2.34. The lowest BCUT2D eigenvalue weighted by atomic mass is 10.1. The number of hydrogen-bond donors (Lipinski definition) is 1. The third kappa shape index (κ3) is 2.07. The fraction of sp³-hybridized carbons (Fsp3) is 0.333. The highest BCUT2D eigenvalue weighted by atomic mass is 32.1. The van der Waals surface area contributed by atoms with Gasteiger partial charge in [0.2, 0.25) is 5.13 Å². The van der Waals surface area contributed by atoms with E-state index in [2.05, 4.69) is 39.8 Å². The third-order valence-electron chi connectivity index (χ3n) is 2.61. The van der Waals surface area contributed by atoms with Crippen LogP contribution >= 0.6 is 11.5 Å². The van der Waals surface area contributed by atoms with Crippen molar-refractivity contribution in [3.63, 3.8) is 0 Å². The average Bonchev–Trinajstić information content (AvgIpc) is 2.94. The quantitative estimate of drug-likeness (QED) is 0.882. The summed E-state index contributed by atoms with van der Waals surface area (Å²) in [6.45, 7) is 2.08. The van der Waals surface area contributed by atoms with Gasteiger partial charge in [0.15, 0.2) is 5.82 Å². The van der Waals surface area contributed by atoms with Gasteiger partial charge in [-0.1, -0.05) is 23.8 Å². The first kappa shape index (κ1) is 9.78. The molecule has 0 radical (unpaired) electrons. The van der Waals surface area contributed by atoms with Crippen molar-refractivity contribution in [2.24, 2.45) is 0 Å². The molecule has 1 aromatic carbocycles. The first-order valence-corrected chi connectivity index (χ1v) is 6.26. The van der Waals surface area contributed by atoms with Gasteiger partial charge in [0.25, 0.3) is 0 Å². The lowest BCUT2D eigenvalue weighted by Gasteiger charge is -1.97. The molecule has 0 amide bonds. The normalized spacial score (nSPS) is 15.1. The smallest absolute Gasteiger partial charge is 0.203 e. The highest BCUT2D eigenvalue weighted by Gasteiger charge is 2.22. The Bertz CT molecular complexity index is 502. The molecule has 16 heavy (non-hydrogen) atoms. The van der Waals surface area contributed by atoms with Crippen LogP contribution in [0.15, 0.2) is 24.3 Å². The molecular formula is C12H13N3S. The van der Waals surface area contributed by atoms with E-state index in [0.29, 0.717) is 6.04 Å². The largest absolute Gasteiger partial charge is 0.358 e. The van der Waals surface area contributed by atoms with Crippen molar-refractivity contribution in [1.82, 2.24) is 9.36 Å². The van der Waals surface area contributed by atoms with Gasteiger partial charge in [0, 0.05) is 23.1 Å². The molecule has 4 heteroatoms. The van der Waals surface area contributed by atoms with E-state index in [-0.39, 0.29) is 0 Å². The zero-order chi connectivity index (χ0) is 11.0. The van der Waals surface area contributed by atoms with Gasteiger partial charge in [-0.3, -0.25) is 0 Å². The Morgan fingerprint density at radius 1 is 1.38 bits per heavy atom. The summed E-state index contributed by atoms with van der Waals surface area (Å²) in [5, 5.41) is 4.31.